The van der Waals surface area contributed by atoms with Gasteiger partial charge >= 0.3 is 6.03 Å². The van der Waals surface area contributed by atoms with Crippen molar-refractivity contribution in [2.45, 2.75) is 0 Å². The van der Waals surface area contributed by atoms with Crippen molar-refractivity contribution in [3.05, 3.63) is 0 Å². The largest absolute Gasteiger partial charge is 0.351 e. The molecule has 15 heavy (non-hydrogen) atoms. The molecule has 0 atom stereocenters. The Morgan fingerprint density at radius 2 is 2.53 bits per heavy atom. The van der Waals surface area contributed by atoms with Crippen LogP contribution >= 0.6 is 11.9 Å². The summed E-state index contributed by atoms with van der Waals surface area (Å²) in [5, 5.41) is 4.76. The van der Waals surface area contributed by atoms with E-state index in [-0.39, 0.29) is 5.78 Å². The molecule has 0 bridgehead atoms. The molecule has 2 rings (SSSR count). The van der Waals surface area contributed by atoms with E-state index in [9.17, 15) is 9.59 Å². The zero-order valence-corrected chi connectivity index (χ0v) is 8.92. The van der Waals surface area contributed by atoms with E-state index in [1.165, 1.54) is 18.2 Å². The molecule has 0 spiro atoms. The van der Waals surface area contributed by atoms with E-state index in [2.05, 4.69) is 15.1 Å². The van der Waals surface area contributed by atoms with Gasteiger partial charge in [-0.1, -0.05) is 0 Å². The van der Waals surface area contributed by atoms with Crippen LogP contribution in [0, 0.1) is 0 Å². The standard InChI is InChI=1S/C4H10N4O.C3H3NOS/c5-4(9)7-8-2-1-6-3-8;5-3-1-4-6-2-3/h6H,1-3H2,(H3,5,7,9);1H,2H2. The van der Waals surface area contributed by atoms with Gasteiger partial charge in [0.15, 0.2) is 5.78 Å². The predicted molar refractivity (Wildman–Crippen MR) is 58.3 cm³/mol. The number of hydrogen-bond acceptors (Lipinski definition) is 6. The Kier molecular flexibility index (Phi) is 5.08. The topological polar surface area (TPSA) is 99.8 Å². The van der Waals surface area contributed by atoms with Crippen LogP contribution < -0.4 is 16.5 Å². The Bertz CT molecular complexity index is 264. The Hall–Kier alpha value is -1.12. The second-order valence-corrected chi connectivity index (χ2v) is 3.63. The Labute approximate surface area is 91.6 Å². The molecule has 0 radical (unpaired) electrons. The summed E-state index contributed by atoms with van der Waals surface area (Å²) in [5.74, 6) is 0.667. The van der Waals surface area contributed by atoms with Crippen LogP contribution in [0.15, 0.2) is 4.40 Å². The number of nitrogens with two attached hydrogens (primary N) is 1. The summed E-state index contributed by atoms with van der Waals surface area (Å²) in [6.45, 7) is 2.41. The van der Waals surface area contributed by atoms with Gasteiger partial charge in [-0.3, -0.25) is 10.2 Å². The molecule has 0 aliphatic carbocycles. The van der Waals surface area contributed by atoms with E-state index in [4.69, 9.17) is 5.73 Å². The molecule has 0 aromatic carbocycles. The molecule has 8 heteroatoms. The average Bonchev–Trinajstić information content (AvgIpc) is 2.78. The lowest BCUT2D eigenvalue weighted by Gasteiger charge is -2.12. The molecule has 2 amide bonds. The number of ketones is 1. The van der Waals surface area contributed by atoms with Gasteiger partial charge in [0.05, 0.1) is 18.6 Å². The number of urea groups is 1. The Morgan fingerprint density at radius 3 is 2.87 bits per heavy atom. The van der Waals surface area contributed by atoms with Gasteiger partial charge in [0.1, 0.15) is 0 Å². The van der Waals surface area contributed by atoms with Crippen LogP contribution in [-0.4, -0.2) is 48.5 Å². The molecule has 1 saturated heterocycles. The van der Waals surface area contributed by atoms with Crippen molar-refractivity contribution in [1.82, 2.24) is 15.8 Å². The van der Waals surface area contributed by atoms with Gasteiger partial charge in [-0.05, 0) is 11.9 Å². The SMILES string of the molecule is NC(=O)NN1CCNC1.O=C1C=NSC1. The van der Waals surface area contributed by atoms with E-state index < -0.39 is 6.03 Å². The van der Waals surface area contributed by atoms with Crippen molar-refractivity contribution in [2.24, 2.45) is 10.1 Å². The quantitative estimate of drug-likeness (QED) is 0.488. The summed E-state index contributed by atoms with van der Waals surface area (Å²) in [6.07, 6.45) is 1.35. The molecule has 2 aliphatic rings. The Balaban J connectivity index is 0.000000162. The van der Waals surface area contributed by atoms with Crippen molar-refractivity contribution in [3.63, 3.8) is 0 Å². The molecule has 0 saturated carbocycles. The zero-order valence-electron chi connectivity index (χ0n) is 8.10. The second-order valence-electron chi connectivity index (χ2n) is 2.87. The fraction of sp³-hybridized carbons (Fsp3) is 0.571. The monoisotopic (exact) mass is 231 g/mol. The normalized spacial score (nSPS) is 19.9. The van der Waals surface area contributed by atoms with Crippen LogP contribution in [0.25, 0.3) is 0 Å². The predicted octanol–water partition coefficient (Wildman–Crippen LogP) is -1.28. The van der Waals surface area contributed by atoms with E-state index in [0.717, 1.165) is 13.1 Å². The van der Waals surface area contributed by atoms with E-state index in [1.54, 1.807) is 5.01 Å². The highest BCUT2D eigenvalue weighted by Gasteiger charge is 2.10. The first-order chi connectivity index (χ1) is 7.18. The zero-order chi connectivity index (χ0) is 11.1. The smallest absolute Gasteiger partial charge is 0.326 e. The average molecular weight is 231 g/mol. The van der Waals surface area contributed by atoms with Crippen molar-refractivity contribution in [1.29, 1.82) is 0 Å². The summed E-state index contributed by atoms with van der Waals surface area (Å²) in [4.78, 5) is 20.3. The number of nitrogens with zero attached hydrogens (tertiary/aromatic N) is 2. The summed E-state index contributed by atoms with van der Waals surface area (Å²) in [7, 11) is 0. The summed E-state index contributed by atoms with van der Waals surface area (Å²) in [6, 6.07) is -0.501. The molecule has 0 aromatic rings. The van der Waals surface area contributed by atoms with Crippen molar-refractivity contribution < 1.29 is 9.59 Å². The number of hydrogen-bond donors (Lipinski definition) is 3. The van der Waals surface area contributed by atoms with Crippen molar-refractivity contribution >= 4 is 30.0 Å². The molecule has 0 aromatic heterocycles. The molecule has 1 fully saturated rings. The number of primary amides is 1. The molecular weight excluding hydrogens is 218 g/mol. The van der Waals surface area contributed by atoms with Gasteiger partial charge in [-0.2, -0.15) is 0 Å². The first-order valence-electron chi connectivity index (χ1n) is 4.38. The van der Waals surface area contributed by atoms with Gasteiger partial charge in [0.25, 0.3) is 0 Å². The molecule has 2 aliphatic heterocycles. The highest BCUT2D eigenvalue weighted by Crippen LogP contribution is 2.05. The molecule has 2 heterocycles. The van der Waals surface area contributed by atoms with Crippen LogP contribution in [0.5, 0.6) is 0 Å². The first-order valence-corrected chi connectivity index (χ1v) is 5.32. The number of rotatable bonds is 1. The third-order valence-corrected chi connectivity index (χ3v) is 2.28. The molecule has 4 N–H and O–H groups in total. The number of amides is 2. The van der Waals surface area contributed by atoms with Gasteiger partial charge in [-0.25, -0.2) is 14.2 Å². The van der Waals surface area contributed by atoms with Crippen LogP contribution in [0.1, 0.15) is 0 Å². The molecule has 7 nitrogen and oxygen atoms in total. The summed E-state index contributed by atoms with van der Waals surface area (Å²) >= 11 is 1.30. The summed E-state index contributed by atoms with van der Waals surface area (Å²) in [5.41, 5.74) is 7.30. The van der Waals surface area contributed by atoms with Crippen molar-refractivity contribution in [2.75, 3.05) is 25.5 Å². The minimum Gasteiger partial charge on any atom is -0.351 e. The number of carbonyl (C=O) groups is 2. The maximum absolute atomic E-state index is 10.2. The lowest BCUT2D eigenvalue weighted by Crippen LogP contribution is -2.44. The minimum atomic E-state index is -0.501. The van der Waals surface area contributed by atoms with E-state index in [1.807, 2.05) is 0 Å². The third kappa shape index (κ3) is 5.35. The van der Waals surface area contributed by atoms with E-state index in [0.29, 0.717) is 12.4 Å². The highest BCUT2D eigenvalue weighted by molar-refractivity contribution is 7.99. The first kappa shape index (κ1) is 12.0. The van der Waals surface area contributed by atoms with E-state index >= 15 is 0 Å². The van der Waals surface area contributed by atoms with Crippen LogP contribution in [0.2, 0.25) is 0 Å². The number of carbonyl (C=O) groups excluding carboxylic acids is 2. The lowest BCUT2D eigenvalue weighted by atomic mass is 10.5. The van der Waals surface area contributed by atoms with Gasteiger partial charge < -0.3 is 11.1 Å². The van der Waals surface area contributed by atoms with Gasteiger partial charge in [-0.15, -0.1) is 0 Å². The molecule has 84 valence electrons. The summed E-state index contributed by atoms with van der Waals surface area (Å²) < 4.78 is 3.61. The maximum Gasteiger partial charge on any atom is 0.326 e. The number of hydrazine groups is 1. The number of nitrogens with one attached hydrogen (secondary N) is 2. The maximum atomic E-state index is 10.2. The minimum absolute atomic E-state index is 0.125. The highest BCUT2D eigenvalue weighted by atomic mass is 32.2. The number of Topliss-reactive ketones (excluding diaryl/α,β-unsaturated/α-hetero) is 1. The van der Waals surface area contributed by atoms with Gasteiger partial charge in [0.2, 0.25) is 0 Å². The van der Waals surface area contributed by atoms with Crippen LogP contribution in [-0.2, 0) is 4.79 Å². The van der Waals surface area contributed by atoms with Crippen LogP contribution in [0.3, 0.4) is 0 Å². The lowest BCUT2D eigenvalue weighted by molar-refractivity contribution is -0.110. The Morgan fingerprint density at radius 1 is 1.73 bits per heavy atom. The molecular formula is C7H13N5O2S. The second kappa shape index (κ2) is 6.38. The third-order valence-electron chi connectivity index (χ3n) is 1.61. The fourth-order valence-electron chi connectivity index (χ4n) is 0.993. The van der Waals surface area contributed by atoms with Gasteiger partial charge in [0, 0.05) is 13.1 Å². The fourth-order valence-corrected chi connectivity index (χ4v) is 1.46. The van der Waals surface area contributed by atoms with Crippen molar-refractivity contribution in [3.8, 4) is 0 Å². The molecule has 0 unspecified atom stereocenters. The van der Waals surface area contributed by atoms with Crippen LogP contribution in [0.4, 0.5) is 4.79 Å².